The minimum atomic E-state index is -0.200. The van der Waals surface area contributed by atoms with E-state index >= 15 is 0 Å². The molecule has 1 aliphatic carbocycles. The minimum absolute atomic E-state index is 0.169. The van der Waals surface area contributed by atoms with Crippen LogP contribution in [0.2, 0.25) is 5.02 Å². The third-order valence-corrected chi connectivity index (χ3v) is 6.59. The molecule has 31 heavy (non-hydrogen) atoms. The average Bonchev–Trinajstić information content (AvgIpc) is 3.56. The van der Waals surface area contributed by atoms with Gasteiger partial charge in [0.2, 0.25) is 0 Å². The molecule has 1 saturated heterocycles. The summed E-state index contributed by atoms with van der Waals surface area (Å²) >= 11 is 6.27. The summed E-state index contributed by atoms with van der Waals surface area (Å²) in [6.07, 6.45) is 3.79. The van der Waals surface area contributed by atoms with Gasteiger partial charge in [-0.15, -0.1) is 5.10 Å². The number of nitrogens with zero attached hydrogens (tertiary/aromatic N) is 3. The largest absolute Gasteiger partial charge is 0.381 e. The summed E-state index contributed by atoms with van der Waals surface area (Å²) in [7, 11) is 0. The van der Waals surface area contributed by atoms with Gasteiger partial charge in [0.1, 0.15) is 0 Å². The Labute approximate surface area is 186 Å². The highest BCUT2D eigenvalue weighted by atomic mass is 35.5. The zero-order valence-corrected chi connectivity index (χ0v) is 18.0. The molecule has 3 aromatic rings. The maximum atomic E-state index is 13.2. The summed E-state index contributed by atoms with van der Waals surface area (Å²) in [6, 6.07) is 17.8. The minimum Gasteiger partial charge on any atom is -0.381 e. The Morgan fingerprint density at radius 3 is 2.61 bits per heavy atom. The maximum Gasteiger partial charge on any atom is 0.273 e. The van der Waals surface area contributed by atoms with Crippen molar-refractivity contribution < 1.29 is 9.53 Å². The van der Waals surface area contributed by atoms with Crippen LogP contribution in [0.5, 0.6) is 0 Å². The molecule has 0 bridgehead atoms. The Balaban J connectivity index is 1.40. The molecule has 5 rings (SSSR count). The van der Waals surface area contributed by atoms with Gasteiger partial charge < -0.3 is 10.1 Å². The number of carbonyl (C=O) groups is 1. The highest BCUT2D eigenvalue weighted by Crippen LogP contribution is 2.42. The number of carbonyl (C=O) groups excluding carboxylic acids is 1. The second-order valence-electron chi connectivity index (χ2n) is 8.43. The molecule has 1 N–H and O–H groups in total. The Morgan fingerprint density at radius 1 is 1.13 bits per heavy atom. The van der Waals surface area contributed by atoms with Crippen molar-refractivity contribution in [3.63, 3.8) is 0 Å². The van der Waals surface area contributed by atoms with E-state index in [1.54, 1.807) is 0 Å². The van der Waals surface area contributed by atoms with Crippen LogP contribution in [0.15, 0.2) is 54.6 Å². The van der Waals surface area contributed by atoms with Crippen LogP contribution in [-0.4, -0.2) is 40.7 Å². The van der Waals surface area contributed by atoms with Gasteiger partial charge in [0, 0.05) is 36.1 Å². The van der Waals surface area contributed by atoms with Gasteiger partial charge in [-0.1, -0.05) is 47.1 Å². The molecule has 6 nitrogen and oxygen atoms in total. The normalized spacial score (nSPS) is 18.0. The van der Waals surface area contributed by atoms with Crippen molar-refractivity contribution in [2.45, 2.75) is 37.0 Å². The Kier molecular flexibility index (Phi) is 5.50. The summed E-state index contributed by atoms with van der Waals surface area (Å²) < 4.78 is 7.42. The molecule has 2 aromatic carbocycles. The zero-order chi connectivity index (χ0) is 21.3. The third-order valence-electron chi connectivity index (χ3n) is 6.36. The van der Waals surface area contributed by atoms with E-state index in [1.807, 2.05) is 53.2 Å². The topological polar surface area (TPSA) is 69.0 Å². The molecule has 2 fully saturated rings. The van der Waals surface area contributed by atoms with Crippen molar-refractivity contribution in [3.05, 3.63) is 76.6 Å². The second-order valence-corrected chi connectivity index (χ2v) is 8.87. The molecule has 1 aliphatic heterocycles. The first-order valence-corrected chi connectivity index (χ1v) is 11.2. The van der Waals surface area contributed by atoms with Crippen LogP contribution in [-0.2, 0) is 10.2 Å². The second kappa shape index (κ2) is 8.44. The number of aromatic nitrogens is 3. The van der Waals surface area contributed by atoms with Gasteiger partial charge in [0.05, 0.1) is 11.4 Å². The lowest BCUT2D eigenvalue weighted by Crippen LogP contribution is -2.44. The van der Waals surface area contributed by atoms with Gasteiger partial charge in [-0.05, 0) is 55.5 Å². The Hall–Kier alpha value is -2.70. The molecule has 2 heterocycles. The number of hydrogen-bond acceptors (Lipinski definition) is 4. The first kappa shape index (κ1) is 20.2. The maximum absolute atomic E-state index is 13.2. The van der Waals surface area contributed by atoms with Crippen molar-refractivity contribution >= 4 is 17.5 Å². The van der Waals surface area contributed by atoms with E-state index in [0.717, 1.165) is 42.6 Å². The van der Waals surface area contributed by atoms with E-state index < -0.39 is 0 Å². The van der Waals surface area contributed by atoms with E-state index in [-0.39, 0.29) is 11.3 Å². The molecular weight excluding hydrogens is 412 g/mol. The van der Waals surface area contributed by atoms with Crippen molar-refractivity contribution in [2.24, 2.45) is 0 Å². The molecule has 0 unspecified atom stereocenters. The van der Waals surface area contributed by atoms with E-state index in [9.17, 15) is 4.79 Å². The average molecular weight is 437 g/mol. The molecule has 7 heteroatoms. The van der Waals surface area contributed by atoms with Gasteiger partial charge in [0.15, 0.2) is 5.69 Å². The lowest BCUT2D eigenvalue weighted by molar-refractivity contribution is 0.0486. The summed E-state index contributed by atoms with van der Waals surface area (Å²) in [5.74, 6) is 0.165. The van der Waals surface area contributed by atoms with Crippen LogP contribution >= 0.6 is 11.6 Å². The highest BCUT2D eigenvalue weighted by molar-refractivity contribution is 6.30. The van der Waals surface area contributed by atoms with E-state index in [2.05, 4.69) is 21.7 Å². The van der Waals surface area contributed by atoms with Gasteiger partial charge in [-0.25, -0.2) is 4.68 Å². The molecule has 0 atom stereocenters. The third kappa shape index (κ3) is 4.10. The summed E-state index contributed by atoms with van der Waals surface area (Å²) in [5, 5.41) is 12.5. The van der Waals surface area contributed by atoms with Crippen LogP contribution in [0.3, 0.4) is 0 Å². The standard InChI is InChI=1S/C24H25ClN4O2/c25-19-6-4-5-18(15-19)24(11-13-31-14-12-24)16-26-23(30)21-22(17-9-10-17)29(28-27-21)20-7-2-1-3-8-20/h1-8,15,17H,9-14,16H2,(H,26,30). The number of hydrogen-bond donors (Lipinski definition) is 1. The summed E-state index contributed by atoms with van der Waals surface area (Å²) in [6.45, 7) is 1.84. The van der Waals surface area contributed by atoms with Crippen molar-refractivity contribution in [3.8, 4) is 5.69 Å². The summed E-state index contributed by atoms with van der Waals surface area (Å²) in [4.78, 5) is 13.2. The number of nitrogens with one attached hydrogen (secondary N) is 1. The van der Waals surface area contributed by atoms with Crippen LogP contribution in [0.25, 0.3) is 5.69 Å². The van der Waals surface area contributed by atoms with E-state index in [0.29, 0.717) is 36.4 Å². The molecule has 1 aromatic heterocycles. The van der Waals surface area contributed by atoms with Crippen LogP contribution < -0.4 is 5.32 Å². The van der Waals surface area contributed by atoms with Crippen molar-refractivity contribution in [2.75, 3.05) is 19.8 Å². The van der Waals surface area contributed by atoms with Crippen molar-refractivity contribution in [1.82, 2.24) is 20.3 Å². The molecule has 2 aliphatic rings. The fourth-order valence-corrected chi connectivity index (χ4v) is 4.61. The number of para-hydroxylation sites is 1. The molecule has 1 saturated carbocycles. The number of benzene rings is 2. The van der Waals surface area contributed by atoms with Crippen molar-refractivity contribution in [1.29, 1.82) is 0 Å². The van der Waals surface area contributed by atoms with Gasteiger partial charge in [0.25, 0.3) is 5.91 Å². The SMILES string of the molecule is O=C(NCC1(c2cccc(Cl)c2)CCOCC1)c1nnn(-c2ccccc2)c1C1CC1. The number of ether oxygens (including phenoxy) is 1. The molecule has 0 radical (unpaired) electrons. The van der Waals surface area contributed by atoms with Gasteiger partial charge in [-0.3, -0.25) is 4.79 Å². The first-order valence-electron chi connectivity index (χ1n) is 10.8. The molecule has 1 amide bonds. The first-order chi connectivity index (χ1) is 15.2. The molecular formula is C24H25ClN4O2. The van der Waals surface area contributed by atoms with Crippen LogP contribution in [0.4, 0.5) is 0 Å². The predicted octanol–water partition coefficient (Wildman–Crippen LogP) is 4.28. The van der Waals surface area contributed by atoms with Gasteiger partial charge in [-0.2, -0.15) is 0 Å². The Bertz CT molecular complexity index is 1070. The monoisotopic (exact) mass is 436 g/mol. The van der Waals surface area contributed by atoms with Crippen LogP contribution in [0, 0.1) is 0 Å². The predicted molar refractivity (Wildman–Crippen MR) is 119 cm³/mol. The van der Waals surface area contributed by atoms with Crippen LogP contribution in [0.1, 0.15) is 53.3 Å². The fourth-order valence-electron chi connectivity index (χ4n) is 4.42. The van der Waals surface area contributed by atoms with Gasteiger partial charge >= 0.3 is 0 Å². The van der Waals surface area contributed by atoms with E-state index in [4.69, 9.17) is 16.3 Å². The lowest BCUT2D eigenvalue weighted by atomic mass is 9.74. The molecule has 160 valence electrons. The smallest absolute Gasteiger partial charge is 0.273 e. The number of rotatable bonds is 6. The zero-order valence-electron chi connectivity index (χ0n) is 17.3. The fraction of sp³-hybridized carbons (Fsp3) is 0.375. The molecule has 0 spiro atoms. The van der Waals surface area contributed by atoms with E-state index in [1.165, 1.54) is 0 Å². The summed E-state index contributed by atoms with van der Waals surface area (Å²) in [5.41, 5.74) is 3.20. The lowest BCUT2D eigenvalue weighted by Gasteiger charge is -2.38. The quantitative estimate of drug-likeness (QED) is 0.626. The Morgan fingerprint density at radius 2 is 1.90 bits per heavy atom. The highest BCUT2D eigenvalue weighted by Gasteiger charge is 2.37. The number of halogens is 1. The number of amides is 1.